The molecule has 0 atom stereocenters. The molecule has 2 aromatic heterocycles. The van der Waals surface area contributed by atoms with Gasteiger partial charge in [-0.25, -0.2) is 4.98 Å². The second kappa shape index (κ2) is 7.85. The van der Waals surface area contributed by atoms with Gasteiger partial charge < -0.3 is 9.47 Å². The maximum Gasteiger partial charge on any atom is 0.0945 e. The molecule has 6 nitrogen and oxygen atoms in total. The number of rotatable bonds is 6. The first-order valence-corrected chi connectivity index (χ1v) is 8.72. The van der Waals surface area contributed by atoms with E-state index in [9.17, 15) is 0 Å². The first-order valence-electron chi connectivity index (χ1n) is 8.72. The largest absolute Gasteiger partial charge is 0.337 e. The highest BCUT2D eigenvalue weighted by atomic mass is 15.2. The minimum Gasteiger partial charge on any atom is -0.337 e. The highest BCUT2D eigenvalue weighted by molar-refractivity contribution is 5.04. The Labute approximate surface area is 144 Å². The fourth-order valence-corrected chi connectivity index (χ4v) is 3.30. The molecule has 0 aromatic carbocycles. The Hall–Kier alpha value is -1.79. The van der Waals surface area contributed by atoms with Crippen LogP contribution < -0.4 is 0 Å². The van der Waals surface area contributed by atoms with Gasteiger partial charge in [-0.05, 0) is 52.4 Å². The molecule has 0 radical (unpaired) electrons. The van der Waals surface area contributed by atoms with Gasteiger partial charge in [-0.15, -0.1) is 0 Å². The number of imidazole rings is 1. The Morgan fingerprint density at radius 2 is 1.79 bits per heavy atom. The molecule has 0 aliphatic carbocycles. The molecule has 0 bridgehead atoms. The van der Waals surface area contributed by atoms with E-state index in [0.717, 1.165) is 49.9 Å². The summed E-state index contributed by atoms with van der Waals surface area (Å²) in [6.07, 6.45) is 11.2. The van der Waals surface area contributed by atoms with Crippen molar-refractivity contribution in [2.24, 2.45) is 13.0 Å². The standard InChI is InChI=1S/C18H28N6/c1-22(2)12-17-10-20-16(9-21-17)8-15-4-6-24(7-5-15)13-18-11-19-14-23(18)3/h9-11,14-15H,4-8,12-13H2,1-3H3. The smallest absolute Gasteiger partial charge is 0.0945 e. The van der Waals surface area contributed by atoms with E-state index in [0.29, 0.717) is 0 Å². The average molecular weight is 328 g/mol. The molecular formula is C18H28N6. The zero-order valence-electron chi connectivity index (χ0n) is 15.0. The molecular weight excluding hydrogens is 300 g/mol. The van der Waals surface area contributed by atoms with E-state index >= 15 is 0 Å². The number of aryl methyl sites for hydroxylation is 1. The molecule has 130 valence electrons. The van der Waals surface area contributed by atoms with Crippen LogP contribution in [0.1, 0.15) is 29.9 Å². The van der Waals surface area contributed by atoms with Crippen LogP contribution in [0, 0.1) is 5.92 Å². The third kappa shape index (κ3) is 4.61. The lowest BCUT2D eigenvalue weighted by Gasteiger charge is -2.31. The van der Waals surface area contributed by atoms with Crippen LogP contribution in [0.25, 0.3) is 0 Å². The number of hydrogen-bond donors (Lipinski definition) is 0. The molecule has 3 heterocycles. The highest BCUT2D eigenvalue weighted by Gasteiger charge is 2.20. The molecule has 0 saturated carbocycles. The van der Waals surface area contributed by atoms with Crippen molar-refractivity contribution in [1.82, 2.24) is 29.3 Å². The van der Waals surface area contributed by atoms with Crippen LogP contribution >= 0.6 is 0 Å². The Bertz CT molecular complexity index is 625. The van der Waals surface area contributed by atoms with Crippen LogP contribution in [-0.4, -0.2) is 56.5 Å². The van der Waals surface area contributed by atoms with Crippen molar-refractivity contribution in [2.75, 3.05) is 27.2 Å². The lowest BCUT2D eigenvalue weighted by Crippen LogP contribution is -2.34. The Morgan fingerprint density at radius 3 is 2.38 bits per heavy atom. The summed E-state index contributed by atoms with van der Waals surface area (Å²) in [5.74, 6) is 0.724. The van der Waals surface area contributed by atoms with Crippen LogP contribution in [-0.2, 0) is 26.6 Å². The van der Waals surface area contributed by atoms with Gasteiger partial charge in [0.2, 0.25) is 0 Å². The van der Waals surface area contributed by atoms with Crippen LogP contribution in [0.2, 0.25) is 0 Å². The molecule has 6 heteroatoms. The Kier molecular flexibility index (Phi) is 5.58. The maximum absolute atomic E-state index is 4.60. The van der Waals surface area contributed by atoms with Crippen LogP contribution in [0.5, 0.6) is 0 Å². The molecule has 0 unspecified atom stereocenters. The second-order valence-corrected chi connectivity index (χ2v) is 7.16. The Morgan fingerprint density at radius 1 is 1.08 bits per heavy atom. The summed E-state index contributed by atoms with van der Waals surface area (Å²) in [6, 6.07) is 0. The summed E-state index contributed by atoms with van der Waals surface area (Å²) in [4.78, 5) is 18.0. The summed E-state index contributed by atoms with van der Waals surface area (Å²) in [5.41, 5.74) is 3.45. The minimum atomic E-state index is 0.724. The van der Waals surface area contributed by atoms with Gasteiger partial charge in [0.25, 0.3) is 0 Å². The predicted molar refractivity (Wildman–Crippen MR) is 94.3 cm³/mol. The van der Waals surface area contributed by atoms with Crippen LogP contribution in [0.15, 0.2) is 24.9 Å². The van der Waals surface area contributed by atoms with Gasteiger partial charge in [0, 0.05) is 32.5 Å². The number of aromatic nitrogens is 4. The molecule has 2 aromatic rings. The van der Waals surface area contributed by atoms with Gasteiger partial charge in [0.1, 0.15) is 0 Å². The molecule has 3 rings (SSSR count). The molecule has 0 N–H and O–H groups in total. The van der Waals surface area contributed by atoms with Gasteiger partial charge in [-0.1, -0.05) is 0 Å². The van der Waals surface area contributed by atoms with Crippen molar-refractivity contribution in [3.63, 3.8) is 0 Å². The first-order chi connectivity index (χ1) is 11.6. The van der Waals surface area contributed by atoms with E-state index in [-0.39, 0.29) is 0 Å². The average Bonchev–Trinajstić information content (AvgIpc) is 2.96. The van der Waals surface area contributed by atoms with Crippen molar-refractivity contribution in [3.8, 4) is 0 Å². The lowest BCUT2D eigenvalue weighted by molar-refractivity contribution is 0.173. The lowest BCUT2D eigenvalue weighted by atomic mass is 9.92. The summed E-state index contributed by atoms with van der Waals surface area (Å²) in [7, 11) is 6.16. The minimum absolute atomic E-state index is 0.724. The first kappa shape index (κ1) is 17.0. The van der Waals surface area contributed by atoms with Gasteiger partial charge in [-0.3, -0.25) is 14.9 Å². The quantitative estimate of drug-likeness (QED) is 0.808. The van der Waals surface area contributed by atoms with E-state index in [4.69, 9.17) is 0 Å². The Balaban J connectivity index is 1.46. The second-order valence-electron chi connectivity index (χ2n) is 7.16. The van der Waals surface area contributed by atoms with Crippen molar-refractivity contribution in [2.45, 2.75) is 32.4 Å². The molecule has 0 spiro atoms. The van der Waals surface area contributed by atoms with Crippen molar-refractivity contribution < 1.29 is 0 Å². The van der Waals surface area contributed by atoms with Crippen molar-refractivity contribution in [3.05, 3.63) is 42.0 Å². The number of likely N-dealkylation sites (tertiary alicyclic amines) is 1. The maximum atomic E-state index is 4.60. The van der Waals surface area contributed by atoms with Crippen molar-refractivity contribution >= 4 is 0 Å². The normalized spacial score (nSPS) is 16.8. The van der Waals surface area contributed by atoms with E-state index in [1.807, 2.05) is 24.9 Å². The fourth-order valence-electron chi connectivity index (χ4n) is 3.30. The van der Waals surface area contributed by atoms with Crippen LogP contribution in [0.3, 0.4) is 0 Å². The topological polar surface area (TPSA) is 50.1 Å². The van der Waals surface area contributed by atoms with Crippen molar-refractivity contribution in [1.29, 1.82) is 0 Å². The van der Waals surface area contributed by atoms with Gasteiger partial charge in [0.05, 0.1) is 29.6 Å². The van der Waals surface area contributed by atoms with E-state index in [1.54, 1.807) is 0 Å². The fraction of sp³-hybridized carbons (Fsp3) is 0.611. The highest BCUT2D eigenvalue weighted by Crippen LogP contribution is 2.22. The monoisotopic (exact) mass is 328 g/mol. The summed E-state index contributed by atoms with van der Waals surface area (Å²) in [5, 5.41) is 0. The molecule has 1 aliphatic heterocycles. The molecule has 24 heavy (non-hydrogen) atoms. The number of piperidine rings is 1. The van der Waals surface area contributed by atoms with E-state index in [1.165, 1.54) is 18.5 Å². The molecule has 1 fully saturated rings. The van der Waals surface area contributed by atoms with Gasteiger partial charge in [-0.2, -0.15) is 0 Å². The summed E-state index contributed by atoms with van der Waals surface area (Å²) < 4.78 is 2.11. The SMILES string of the molecule is CN(C)Cc1cnc(CC2CCN(Cc3cncn3C)CC2)cn1. The zero-order valence-corrected chi connectivity index (χ0v) is 15.0. The molecule has 1 saturated heterocycles. The zero-order chi connectivity index (χ0) is 16.9. The van der Waals surface area contributed by atoms with E-state index < -0.39 is 0 Å². The third-order valence-electron chi connectivity index (χ3n) is 4.74. The van der Waals surface area contributed by atoms with Gasteiger partial charge in [0.15, 0.2) is 0 Å². The molecule has 0 amide bonds. The third-order valence-corrected chi connectivity index (χ3v) is 4.74. The summed E-state index contributed by atoms with van der Waals surface area (Å²) >= 11 is 0. The number of nitrogens with zero attached hydrogens (tertiary/aromatic N) is 6. The molecule has 1 aliphatic rings. The van der Waals surface area contributed by atoms with Crippen LogP contribution in [0.4, 0.5) is 0 Å². The van der Waals surface area contributed by atoms with E-state index in [2.05, 4.69) is 50.5 Å². The van der Waals surface area contributed by atoms with Gasteiger partial charge >= 0.3 is 0 Å². The summed E-state index contributed by atoms with van der Waals surface area (Å²) in [6.45, 7) is 4.16. The predicted octanol–water partition coefficient (Wildman–Crippen LogP) is 1.73. The number of hydrogen-bond acceptors (Lipinski definition) is 5.